The van der Waals surface area contributed by atoms with E-state index >= 15 is 0 Å². The second-order valence-corrected chi connectivity index (χ2v) is 8.63. The number of imidazole rings is 1. The molecular formula is C24H28N6O. The third-order valence-electron chi connectivity index (χ3n) is 6.44. The molecule has 0 aliphatic carbocycles. The van der Waals surface area contributed by atoms with Gasteiger partial charge in [0.05, 0.1) is 16.7 Å². The van der Waals surface area contributed by atoms with Crippen LogP contribution in [0.3, 0.4) is 0 Å². The van der Waals surface area contributed by atoms with E-state index in [-0.39, 0.29) is 11.8 Å². The Hall–Kier alpha value is -3.22. The molecule has 7 nitrogen and oxygen atoms in total. The molecule has 4 heterocycles. The van der Waals surface area contributed by atoms with Crippen molar-refractivity contribution in [2.24, 2.45) is 0 Å². The van der Waals surface area contributed by atoms with E-state index in [1.807, 2.05) is 53.6 Å². The van der Waals surface area contributed by atoms with Gasteiger partial charge < -0.3 is 9.88 Å². The van der Waals surface area contributed by atoms with Gasteiger partial charge in [0, 0.05) is 42.9 Å². The number of H-pyrrole nitrogens is 1. The topological polar surface area (TPSA) is 79.2 Å². The summed E-state index contributed by atoms with van der Waals surface area (Å²) in [5.74, 6) is 1.46. The smallest absolute Gasteiger partial charge is 0.222 e. The number of benzene rings is 1. The summed E-state index contributed by atoms with van der Waals surface area (Å²) in [4.78, 5) is 28.0. The summed E-state index contributed by atoms with van der Waals surface area (Å²) in [7, 11) is 0. The molecule has 1 aliphatic heterocycles. The Labute approximate surface area is 181 Å². The minimum absolute atomic E-state index is 0.205. The van der Waals surface area contributed by atoms with Crippen LogP contribution in [-0.4, -0.2) is 48.5 Å². The second-order valence-electron chi connectivity index (χ2n) is 8.63. The molecule has 1 aromatic carbocycles. The Morgan fingerprint density at radius 3 is 2.87 bits per heavy atom. The third-order valence-corrected chi connectivity index (χ3v) is 6.44. The number of para-hydroxylation sites is 2. The van der Waals surface area contributed by atoms with Crippen LogP contribution in [0.25, 0.3) is 16.7 Å². The summed E-state index contributed by atoms with van der Waals surface area (Å²) in [6.45, 7) is 7.61. The summed E-state index contributed by atoms with van der Waals surface area (Å²) in [5.41, 5.74) is 7.04. The number of carbonyl (C=O) groups is 1. The lowest BCUT2D eigenvalue weighted by Crippen LogP contribution is -2.39. The van der Waals surface area contributed by atoms with Crippen LogP contribution in [0.5, 0.6) is 0 Å². The number of nitrogens with zero attached hydrogens (tertiary/aromatic N) is 5. The van der Waals surface area contributed by atoms with Crippen molar-refractivity contribution in [2.75, 3.05) is 13.1 Å². The maximum atomic E-state index is 13.1. The Kier molecular flexibility index (Phi) is 4.96. The number of amides is 1. The monoisotopic (exact) mass is 416 g/mol. The van der Waals surface area contributed by atoms with Gasteiger partial charge in [-0.05, 0) is 57.7 Å². The lowest BCUT2D eigenvalue weighted by Gasteiger charge is -2.32. The summed E-state index contributed by atoms with van der Waals surface area (Å²) in [6, 6.07) is 10.1. The number of carbonyl (C=O) groups excluding carboxylic acids is 1. The van der Waals surface area contributed by atoms with Crippen LogP contribution in [0.2, 0.25) is 0 Å². The molecule has 0 bridgehead atoms. The first-order valence-electron chi connectivity index (χ1n) is 11.0. The maximum absolute atomic E-state index is 13.1. The highest BCUT2D eigenvalue weighted by Gasteiger charge is 2.27. The number of aryl methyl sites for hydroxylation is 3. The molecule has 0 unspecified atom stereocenters. The normalized spacial score (nSPS) is 17.0. The third kappa shape index (κ3) is 3.69. The molecule has 7 heteroatoms. The average molecular weight is 417 g/mol. The van der Waals surface area contributed by atoms with Gasteiger partial charge in [-0.2, -0.15) is 5.10 Å². The summed E-state index contributed by atoms with van der Waals surface area (Å²) < 4.78 is 1.89. The van der Waals surface area contributed by atoms with Crippen molar-refractivity contribution < 1.29 is 4.79 Å². The molecule has 4 aromatic rings. The molecule has 0 radical (unpaired) electrons. The largest absolute Gasteiger partial charge is 0.342 e. The number of aromatic amines is 1. The molecule has 1 aliphatic rings. The summed E-state index contributed by atoms with van der Waals surface area (Å²) in [5, 5.41) is 4.54. The fourth-order valence-electron chi connectivity index (χ4n) is 4.79. The van der Waals surface area contributed by atoms with E-state index < -0.39 is 0 Å². The minimum Gasteiger partial charge on any atom is -0.342 e. The van der Waals surface area contributed by atoms with Crippen LogP contribution in [0.15, 0.2) is 30.3 Å². The standard InChI is InChI=1S/C24H28N6O/c1-15-13-22-25-16(2)19(17(3)30(22)28-15)10-11-23(31)29-12-6-7-18(14-29)24-26-20-8-4-5-9-21(20)27-24/h4-5,8-9,13,18H,6-7,10-12,14H2,1-3H3,(H,26,27)/t18-/m0/s1. The van der Waals surface area contributed by atoms with Gasteiger partial charge in [0.25, 0.3) is 0 Å². The quantitative estimate of drug-likeness (QED) is 0.548. The first-order valence-corrected chi connectivity index (χ1v) is 11.0. The highest BCUT2D eigenvalue weighted by Crippen LogP contribution is 2.27. The van der Waals surface area contributed by atoms with Gasteiger partial charge in [0.15, 0.2) is 5.65 Å². The molecule has 160 valence electrons. The Morgan fingerprint density at radius 1 is 1.19 bits per heavy atom. The van der Waals surface area contributed by atoms with Crippen molar-refractivity contribution in [1.29, 1.82) is 0 Å². The number of rotatable bonds is 4. The van der Waals surface area contributed by atoms with E-state index in [1.54, 1.807) is 0 Å². The van der Waals surface area contributed by atoms with Crippen LogP contribution in [0.4, 0.5) is 0 Å². The Morgan fingerprint density at radius 2 is 2.03 bits per heavy atom. The van der Waals surface area contributed by atoms with Crippen LogP contribution >= 0.6 is 0 Å². The van der Waals surface area contributed by atoms with E-state index in [2.05, 4.69) is 22.0 Å². The fourth-order valence-corrected chi connectivity index (χ4v) is 4.79. The SMILES string of the molecule is Cc1cc2nc(C)c(CCC(=O)N3CCC[C@H](c4nc5ccccc5[nH]4)C3)c(C)n2n1. The van der Waals surface area contributed by atoms with Gasteiger partial charge in [-0.15, -0.1) is 0 Å². The maximum Gasteiger partial charge on any atom is 0.222 e. The van der Waals surface area contributed by atoms with Gasteiger partial charge in [-0.3, -0.25) is 4.79 Å². The second kappa shape index (κ2) is 7.80. The number of likely N-dealkylation sites (tertiary alicyclic amines) is 1. The first kappa shape index (κ1) is 19.7. The molecule has 0 saturated carbocycles. The molecule has 31 heavy (non-hydrogen) atoms. The molecule has 5 rings (SSSR count). The molecule has 1 amide bonds. The van der Waals surface area contributed by atoms with Crippen LogP contribution in [0, 0.1) is 20.8 Å². The van der Waals surface area contributed by atoms with Gasteiger partial charge in [-0.1, -0.05) is 12.1 Å². The van der Waals surface area contributed by atoms with Crippen molar-refractivity contribution in [3.05, 3.63) is 58.8 Å². The van der Waals surface area contributed by atoms with E-state index in [1.165, 1.54) is 0 Å². The highest BCUT2D eigenvalue weighted by atomic mass is 16.2. The minimum atomic E-state index is 0.205. The zero-order valence-corrected chi connectivity index (χ0v) is 18.4. The first-order chi connectivity index (χ1) is 15.0. The molecule has 1 N–H and O–H groups in total. The van der Waals surface area contributed by atoms with Gasteiger partial charge in [0.2, 0.25) is 5.91 Å². The molecular weight excluding hydrogens is 388 g/mol. The molecule has 0 spiro atoms. The van der Waals surface area contributed by atoms with Crippen LogP contribution in [-0.2, 0) is 11.2 Å². The van der Waals surface area contributed by atoms with Gasteiger partial charge in [-0.25, -0.2) is 14.5 Å². The van der Waals surface area contributed by atoms with Crippen molar-refractivity contribution in [1.82, 2.24) is 29.5 Å². The van der Waals surface area contributed by atoms with Crippen molar-refractivity contribution >= 4 is 22.6 Å². The molecule has 1 saturated heterocycles. The zero-order chi connectivity index (χ0) is 21.5. The van der Waals surface area contributed by atoms with Crippen LogP contribution in [0.1, 0.15) is 53.7 Å². The van der Waals surface area contributed by atoms with Crippen molar-refractivity contribution in [3.8, 4) is 0 Å². The molecule has 1 atom stereocenters. The lowest BCUT2D eigenvalue weighted by atomic mass is 9.96. The number of fused-ring (bicyclic) bond motifs is 2. The summed E-state index contributed by atoms with van der Waals surface area (Å²) in [6.07, 6.45) is 3.23. The number of hydrogen-bond acceptors (Lipinski definition) is 4. The van der Waals surface area contributed by atoms with Crippen molar-refractivity contribution in [3.63, 3.8) is 0 Å². The Balaban J connectivity index is 1.29. The van der Waals surface area contributed by atoms with Crippen LogP contribution < -0.4 is 0 Å². The van der Waals surface area contributed by atoms with E-state index in [0.29, 0.717) is 12.8 Å². The Bertz CT molecular complexity index is 1240. The lowest BCUT2D eigenvalue weighted by molar-refractivity contribution is -0.132. The van der Waals surface area contributed by atoms with Crippen molar-refractivity contribution in [2.45, 2.75) is 52.4 Å². The average Bonchev–Trinajstić information content (AvgIpc) is 3.36. The van der Waals surface area contributed by atoms with E-state index in [0.717, 1.165) is 71.1 Å². The van der Waals surface area contributed by atoms with E-state index in [9.17, 15) is 4.79 Å². The number of nitrogens with one attached hydrogen (secondary N) is 1. The van der Waals surface area contributed by atoms with E-state index in [4.69, 9.17) is 4.98 Å². The van der Waals surface area contributed by atoms with Gasteiger partial charge >= 0.3 is 0 Å². The molecule has 3 aromatic heterocycles. The predicted octanol–water partition coefficient (Wildman–Crippen LogP) is 3.87. The number of piperidine rings is 1. The highest BCUT2D eigenvalue weighted by molar-refractivity contribution is 5.77. The van der Waals surface area contributed by atoms with Gasteiger partial charge in [0.1, 0.15) is 5.82 Å². The predicted molar refractivity (Wildman–Crippen MR) is 120 cm³/mol. The zero-order valence-electron chi connectivity index (χ0n) is 18.4. The molecule has 1 fully saturated rings. The summed E-state index contributed by atoms with van der Waals surface area (Å²) >= 11 is 0. The number of aromatic nitrogens is 5. The fraction of sp³-hybridized carbons (Fsp3) is 0.417. The number of hydrogen-bond donors (Lipinski definition) is 1.